The minimum atomic E-state index is -4.42. The Morgan fingerprint density at radius 1 is 1.35 bits per heavy atom. The van der Waals surface area contributed by atoms with E-state index in [4.69, 9.17) is 5.14 Å². The van der Waals surface area contributed by atoms with Gasteiger partial charge < -0.3 is 5.32 Å². The fourth-order valence-electron chi connectivity index (χ4n) is 1.48. The molecule has 1 aromatic carbocycles. The van der Waals surface area contributed by atoms with Crippen LogP contribution in [0.4, 0.5) is 18.3 Å². The predicted molar refractivity (Wildman–Crippen MR) is 71.1 cm³/mol. The van der Waals surface area contributed by atoms with Crippen molar-refractivity contribution in [1.82, 2.24) is 4.98 Å². The number of anilines is 1. The van der Waals surface area contributed by atoms with Crippen molar-refractivity contribution >= 4 is 36.7 Å². The van der Waals surface area contributed by atoms with Gasteiger partial charge in [-0.05, 0) is 18.2 Å². The molecule has 0 aliphatic rings. The summed E-state index contributed by atoms with van der Waals surface area (Å²) in [5.41, 5.74) is -0.561. The number of halogens is 3. The van der Waals surface area contributed by atoms with E-state index in [-0.39, 0.29) is 17.8 Å². The highest BCUT2D eigenvalue weighted by Crippen LogP contribution is 2.33. The summed E-state index contributed by atoms with van der Waals surface area (Å²) in [6.45, 7) is 0.0464. The number of aromatic nitrogens is 1. The zero-order chi connectivity index (χ0) is 15.0. The third kappa shape index (κ3) is 3.81. The molecule has 0 amide bonds. The van der Waals surface area contributed by atoms with Crippen LogP contribution >= 0.6 is 11.3 Å². The highest BCUT2D eigenvalue weighted by molar-refractivity contribution is 7.89. The Bertz CT molecular complexity index is 725. The van der Waals surface area contributed by atoms with Gasteiger partial charge >= 0.3 is 6.18 Å². The maximum atomic E-state index is 12.5. The Labute approximate surface area is 116 Å². The standard InChI is InChI=1S/C10H10F3N3O2S2/c11-10(12,13)6-1-2-8-7(5-6)16-9(19-8)15-3-4-20(14,17)18/h1-2,5H,3-4H2,(H,15,16)(H2,14,17,18). The highest BCUT2D eigenvalue weighted by Gasteiger charge is 2.30. The first-order valence-electron chi connectivity index (χ1n) is 5.37. The number of nitrogens with zero attached hydrogens (tertiary/aromatic N) is 1. The molecule has 5 nitrogen and oxygen atoms in total. The average Bonchev–Trinajstić information content (AvgIpc) is 2.67. The van der Waals surface area contributed by atoms with Gasteiger partial charge in [0, 0.05) is 6.54 Å². The fourth-order valence-corrected chi connectivity index (χ4v) is 2.74. The van der Waals surface area contributed by atoms with Crippen LogP contribution in [0.1, 0.15) is 5.56 Å². The van der Waals surface area contributed by atoms with Crippen LogP contribution in [0, 0.1) is 0 Å². The molecule has 0 radical (unpaired) electrons. The molecule has 0 bridgehead atoms. The summed E-state index contributed by atoms with van der Waals surface area (Å²) in [6, 6.07) is 3.27. The van der Waals surface area contributed by atoms with E-state index in [9.17, 15) is 21.6 Å². The summed E-state index contributed by atoms with van der Waals surface area (Å²) in [6.07, 6.45) is -4.42. The number of primary sulfonamides is 1. The summed E-state index contributed by atoms with van der Waals surface area (Å²) in [7, 11) is -3.58. The van der Waals surface area contributed by atoms with E-state index in [2.05, 4.69) is 10.3 Å². The molecule has 1 heterocycles. The Morgan fingerprint density at radius 2 is 2.05 bits per heavy atom. The molecular formula is C10H10F3N3O2S2. The number of hydrogen-bond acceptors (Lipinski definition) is 5. The summed E-state index contributed by atoms with van der Waals surface area (Å²) >= 11 is 1.14. The summed E-state index contributed by atoms with van der Waals surface area (Å²) in [5.74, 6) is -0.281. The first-order chi connectivity index (χ1) is 9.15. The summed E-state index contributed by atoms with van der Waals surface area (Å²) in [5, 5.41) is 7.90. The van der Waals surface area contributed by atoms with E-state index < -0.39 is 21.8 Å². The molecule has 0 aliphatic carbocycles. The van der Waals surface area contributed by atoms with E-state index >= 15 is 0 Å². The molecule has 0 atom stereocenters. The highest BCUT2D eigenvalue weighted by atomic mass is 32.2. The number of thiazole rings is 1. The van der Waals surface area contributed by atoms with Crippen molar-refractivity contribution < 1.29 is 21.6 Å². The number of nitrogens with one attached hydrogen (secondary N) is 1. The maximum Gasteiger partial charge on any atom is 0.416 e. The molecule has 0 saturated carbocycles. The molecule has 0 aliphatic heterocycles. The SMILES string of the molecule is NS(=O)(=O)CCNc1nc2cc(C(F)(F)F)ccc2s1. The first-order valence-corrected chi connectivity index (χ1v) is 7.90. The monoisotopic (exact) mass is 325 g/mol. The molecule has 0 unspecified atom stereocenters. The molecule has 1 aromatic heterocycles. The third-order valence-corrected chi connectivity index (χ3v) is 4.14. The van der Waals surface area contributed by atoms with E-state index in [1.807, 2.05) is 0 Å². The van der Waals surface area contributed by atoms with Crippen LogP contribution < -0.4 is 10.5 Å². The maximum absolute atomic E-state index is 12.5. The van der Waals surface area contributed by atoms with E-state index in [1.165, 1.54) is 6.07 Å². The van der Waals surface area contributed by atoms with Gasteiger partial charge in [0.05, 0.1) is 21.5 Å². The third-order valence-electron chi connectivity index (χ3n) is 2.38. The molecule has 0 spiro atoms. The number of sulfonamides is 1. The van der Waals surface area contributed by atoms with Crippen LogP contribution in [0.3, 0.4) is 0 Å². The van der Waals surface area contributed by atoms with Crippen molar-refractivity contribution in [2.45, 2.75) is 6.18 Å². The van der Waals surface area contributed by atoms with Crippen molar-refractivity contribution in [3.63, 3.8) is 0 Å². The van der Waals surface area contributed by atoms with Gasteiger partial charge in [0.25, 0.3) is 0 Å². The average molecular weight is 325 g/mol. The van der Waals surface area contributed by atoms with E-state index in [0.717, 1.165) is 23.5 Å². The lowest BCUT2D eigenvalue weighted by Gasteiger charge is -2.04. The van der Waals surface area contributed by atoms with Gasteiger partial charge in [0.2, 0.25) is 10.0 Å². The number of alkyl halides is 3. The van der Waals surface area contributed by atoms with Crippen LogP contribution in [0.25, 0.3) is 10.2 Å². The minimum absolute atomic E-state index is 0.0464. The number of fused-ring (bicyclic) bond motifs is 1. The second kappa shape index (κ2) is 5.19. The smallest absolute Gasteiger partial charge is 0.360 e. The molecule has 3 N–H and O–H groups in total. The van der Waals surface area contributed by atoms with Gasteiger partial charge in [-0.1, -0.05) is 11.3 Å². The van der Waals surface area contributed by atoms with Crippen LogP contribution in [-0.2, 0) is 16.2 Å². The number of nitrogens with two attached hydrogens (primary N) is 1. The molecule has 20 heavy (non-hydrogen) atoms. The van der Waals surface area contributed by atoms with Crippen LogP contribution in [0.5, 0.6) is 0 Å². The lowest BCUT2D eigenvalue weighted by molar-refractivity contribution is -0.137. The van der Waals surface area contributed by atoms with Gasteiger partial charge in [-0.2, -0.15) is 13.2 Å². The zero-order valence-electron chi connectivity index (χ0n) is 9.94. The fraction of sp³-hybridized carbons (Fsp3) is 0.300. The van der Waals surface area contributed by atoms with Crippen LogP contribution in [0.2, 0.25) is 0 Å². The quantitative estimate of drug-likeness (QED) is 0.900. The normalized spacial score (nSPS) is 12.8. The topological polar surface area (TPSA) is 85.1 Å². The summed E-state index contributed by atoms with van der Waals surface area (Å²) in [4.78, 5) is 3.98. The van der Waals surface area contributed by atoms with Crippen molar-refractivity contribution in [3.8, 4) is 0 Å². The molecule has 110 valence electrons. The van der Waals surface area contributed by atoms with Crippen molar-refractivity contribution in [3.05, 3.63) is 23.8 Å². The summed E-state index contributed by atoms with van der Waals surface area (Å²) < 4.78 is 59.7. The molecule has 10 heteroatoms. The van der Waals surface area contributed by atoms with Gasteiger partial charge in [-0.15, -0.1) is 0 Å². The number of benzene rings is 1. The van der Waals surface area contributed by atoms with E-state index in [0.29, 0.717) is 9.83 Å². The first kappa shape index (κ1) is 15.0. The van der Waals surface area contributed by atoms with Gasteiger partial charge in [-0.3, -0.25) is 0 Å². The molecule has 2 rings (SSSR count). The molecular weight excluding hydrogens is 315 g/mol. The number of rotatable bonds is 4. The van der Waals surface area contributed by atoms with Gasteiger partial charge in [0.15, 0.2) is 5.13 Å². The molecule has 2 aromatic rings. The van der Waals surface area contributed by atoms with Crippen molar-refractivity contribution in [2.24, 2.45) is 5.14 Å². The Balaban J connectivity index is 2.17. The van der Waals surface area contributed by atoms with Crippen LogP contribution in [-0.4, -0.2) is 25.7 Å². The molecule has 0 fully saturated rings. The minimum Gasteiger partial charge on any atom is -0.360 e. The lowest BCUT2D eigenvalue weighted by Crippen LogP contribution is -2.22. The number of hydrogen-bond donors (Lipinski definition) is 2. The Kier molecular flexibility index (Phi) is 3.89. The van der Waals surface area contributed by atoms with Crippen molar-refractivity contribution in [2.75, 3.05) is 17.6 Å². The van der Waals surface area contributed by atoms with Crippen molar-refractivity contribution in [1.29, 1.82) is 0 Å². The lowest BCUT2D eigenvalue weighted by atomic mass is 10.2. The van der Waals surface area contributed by atoms with E-state index in [1.54, 1.807) is 0 Å². The Morgan fingerprint density at radius 3 is 2.65 bits per heavy atom. The largest absolute Gasteiger partial charge is 0.416 e. The second-order valence-electron chi connectivity index (χ2n) is 3.99. The van der Waals surface area contributed by atoms with Crippen LogP contribution in [0.15, 0.2) is 18.2 Å². The second-order valence-corrected chi connectivity index (χ2v) is 6.76. The van der Waals surface area contributed by atoms with Gasteiger partial charge in [-0.25, -0.2) is 18.5 Å². The zero-order valence-corrected chi connectivity index (χ0v) is 11.6. The Hall–Kier alpha value is -1.39. The van der Waals surface area contributed by atoms with Gasteiger partial charge in [0.1, 0.15) is 0 Å². The predicted octanol–water partition coefficient (Wildman–Crippen LogP) is 2.02. The molecule has 0 saturated heterocycles.